The lowest BCUT2D eigenvalue weighted by Crippen LogP contribution is -2.41. The van der Waals surface area contributed by atoms with Crippen LogP contribution in [0.1, 0.15) is 45.3 Å². The molecule has 1 amide bonds. The molecule has 2 heterocycles. The van der Waals surface area contributed by atoms with Crippen LogP contribution in [0.3, 0.4) is 0 Å². The maximum atomic E-state index is 12.3. The number of amides is 1. The molecule has 0 aromatic carbocycles. The molecule has 6 nitrogen and oxygen atoms in total. The molecule has 1 N–H and O–H groups in total. The van der Waals surface area contributed by atoms with E-state index in [0.717, 1.165) is 35.3 Å². The number of nitrogens with zero attached hydrogens (tertiary/aromatic N) is 3. The van der Waals surface area contributed by atoms with E-state index < -0.39 is 0 Å². The molecule has 1 aliphatic rings. The number of thioether (sulfide) groups is 1. The summed E-state index contributed by atoms with van der Waals surface area (Å²) in [5.74, 6) is 2.62. The summed E-state index contributed by atoms with van der Waals surface area (Å²) in [6, 6.07) is 2.21. The average Bonchev–Trinajstić information content (AvgIpc) is 3.20. The van der Waals surface area contributed by atoms with E-state index in [1.165, 1.54) is 31.0 Å². The fraction of sp³-hybridized carbons (Fsp3) is 0.611. The highest BCUT2D eigenvalue weighted by Crippen LogP contribution is 2.27. The summed E-state index contributed by atoms with van der Waals surface area (Å²) in [6.07, 6.45) is 6.44. The van der Waals surface area contributed by atoms with E-state index in [9.17, 15) is 4.79 Å². The number of nitrogens with one attached hydrogen (secondary N) is 1. The molecule has 0 spiro atoms. The van der Waals surface area contributed by atoms with E-state index in [0.29, 0.717) is 17.7 Å². The molecular formula is C18H26N4O2S. The van der Waals surface area contributed by atoms with E-state index >= 15 is 0 Å². The van der Waals surface area contributed by atoms with Gasteiger partial charge in [-0.2, -0.15) is 0 Å². The van der Waals surface area contributed by atoms with Gasteiger partial charge in [-0.15, -0.1) is 10.2 Å². The summed E-state index contributed by atoms with van der Waals surface area (Å²) in [4.78, 5) is 12.3. The minimum absolute atomic E-state index is 0.0791. The first kappa shape index (κ1) is 18.0. The molecule has 0 unspecified atom stereocenters. The molecule has 25 heavy (non-hydrogen) atoms. The second-order valence-electron chi connectivity index (χ2n) is 6.67. The van der Waals surface area contributed by atoms with Gasteiger partial charge in [-0.3, -0.25) is 4.79 Å². The van der Waals surface area contributed by atoms with Crippen LogP contribution < -0.4 is 5.32 Å². The highest BCUT2D eigenvalue weighted by atomic mass is 32.2. The Morgan fingerprint density at radius 1 is 1.40 bits per heavy atom. The van der Waals surface area contributed by atoms with Gasteiger partial charge in [-0.1, -0.05) is 31.5 Å². The normalized spacial score (nSPS) is 20.6. The molecule has 2 aromatic heterocycles. The van der Waals surface area contributed by atoms with Crippen LogP contribution in [0.5, 0.6) is 0 Å². The third-order valence-electron chi connectivity index (χ3n) is 4.92. The van der Waals surface area contributed by atoms with Crippen molar-refractivity contribution in [3.63, 3.8) is 0 Å². The fourth-order valence-electron chi connectivity index (χ4n) is 3.41. The second kappa shape index (κ2) is 8.08. The van der Waals surface area contributed by atoms with E-state index in [-0.39, 0.29) is 5.91 Å². The van der Waals surface area contributed by atoms with Gasteiger partial charge >= 0.3 is 0 Å². The van der Waals surface area contributed by atoms with Crippen LogP contribution in [0.4, 0.5) is 0 Å². The SMILES string of the molecule is CCn1c(SCC(=O)N[C@@H]2CCCC[C@@H]2C)nnc1-c1ccoc1C. The van der Waals surface area contributed by atoms with Crippen LogP contribution in [-0.2, 0) is 11.3 Å². The molecule has 0 bridgehead atoms. The van der Waals surface area contributed by atoms with E-state index in [1.807, 2.05) is 17.6 Å². The number of aryl methyl sites for hydroxylation is 1. The number of rotatable bonds is 6. The monoisotopic (exact) mass is 362 g/mol. The van der Waals surface area contributed by atoms with Gasteiger partial charge in [-0.25, -0.2) is 0 Å². The lowest BCUT2D eigenvalue weighted by molar-refractivity contribution is -0.119. The Morgan fingerprint density at radius 3 is 2.88 bits per heavy atom. The maximum absolute atomic E-state index is 12.3. The zero-order valence-electron chi connectivity index (χ0n) is 15.1. The Morgan fingerprint density at radius 2 is 2.20 bits per heavy atom. The van der Waals surface area contributed by atoms with Gasteiger partial charge in [0.15, 0.2) is 11.0 Å². The van der Waals surface area contributed by atoms with Crippen molar-refractivity contribution in [1.82, 2.24) is 20.1 Å². The van der Waals surface area contributed by atoms with Crippen molar-refractivity contribution in [2.75, 3.05) is 5.75 Å². The molecule has 0 aliphatic heterocycles. The third-order valence-corrected chi connectivity index (χ3v) is 5.89. The first-order valence-corrected chi connectivity index (χ1v) is 9.98. The van der Waals surface area contributed by atoms with Crippen LogP contribution in [0.15, 0.2) is 21.9 Å². The Kier molecular flexibility index (Phi) is 5.83. The van der Waals surface area contributed by atoms with Crippen molar-refractivity contribution in [2.45, 2.75) is 64.2 Å². The van der Waals surface area contributed by atoms with Gasteiger partial charge in [0.25, 0.3) is 0 Å². The summed E-state index contributed by atoms with van der Waals surface area (Å²) >= 11 is 1.44. The molecule has 3 rings (SSSR count). The van der Waals surface area contributed by atoms with Crippen molar-refractivity contribution < 1.29 is 9.21 Å². The third kappa shape index (κ3) is 4.08. The summed E-state index contributed by atoms with van der Waals surface area (Å²) in [7, 11) is 0. The van der Waals surface area contributed by atoms with E-state index in [4.69, 9.17) is 4.42 Å². The molecule has 2 aromatic rings. The van der Waals surface area contributed by atoms with Crippen molar-refractivity contribution in [1.29, 1.82) is 0 Å². The summed E-state index contributed by atoms with van der Waals surface area (Å²) < 4.78 is 7.40. The minimum Gasteiger partial charge on any atom is -0.469 e. The zero-order chi connectivity index (χ0) is 17.8. The van der Waals surface area contributed by atoms with Crippen LogP contribution in [0, 0.1) is 12.8 Å². The quantitative estimate of drug-likeness (QED) is 0.794. The molecule has 1 saturated carbocycles. The van der Waals surface area contributed by atoms with Crippen LogP contribution in [0.25, 0.3) is 11.4 Å². The minimum atomic E-state index is 0.0791. The number of hydrogen-bond donors (Lipinski definition) is 1. The van der Waals surface area contributed by atoms with Crippen LogP contribution in [0.2, 0.25) is 0 Å². The number of furan rings is 1. The second-order valence-corrected chi connectivity index (χ2v) is 7.61. The predicted octanol–water partition coefficient (Wildman–Crippen LogP) is 3.65. The standard InChI is InChI=1S/C18H26N4O2S/c1-4-22-17(14-9-10-24-13(14)3)20-21-18(22)25-11-16(23)19-15-8-6-5-7-12(15)2/h9-10,12,15H,4-8,11H2,1-3H3,(H,19,23)/t12-,15+/m0/s1. The smallest absolute Gasteiger partial charge is 0.230 e. The van der Waals surface area contributed by atoms with E-state index in [2.05, 4.69) is 29.4 Å². The van der Waals surface area contributed by atoms with Crippen molar-refractivity contribution >= 4 is 17.7 Å². The van der Waals surface area contributed by atoms with Crippen LogP contribution in [-0.4, -0.2) is 32.5 Å². The van der Waals surface area contributed by atoms with Crippen molar-refractivity contribution in [3.8, 4) is 11.4 Å². The van der Waals surface area contributed by atoms with Crippen molar-refractivity contribution in [3.05, 3.63) is 18.1 Å². The molecular weight excluding hydrogens is 336 g/mol. The molecule has 2 atom stereocenters. The molecule has 7 heteroatoms. The number of carbonyl (C=O) groups excluding carboxylic acids is 1. The number of carbonyl (C=O) groups is 1. The van der Waals surface area contributed by atoms with Gasteiger partial charge in [-0.05, 0) is 38.7 Å². The van der Waals surface area contributed by atoms with Crippen molar-refractivity contribution in [2.24, 2.45) is 5.92 Å². The van der Waals surface area contributed by atoms with Gasteiger partial charge in [0.05, 0.1) is 17.6 Å². The van der Waals surface area contributed by atoms with Gasteiger partial charge < -0.3 is 14.3 Å². The Labute approximate surface area is 152 Å². The predicted molar refractivity (Wildman–Crippen MR) is 98.4 cm³/mol. The van der Waals surface area contributed by atoms with Gasteiger partial charge in [0, 0.05) is 12.6 Å². The highest BCUT2D eigenvalue weighted by Gasteiger charge is 2.23. The van der Waals surface area contributed by atoms with Crippen LogP contribution >= 0.6 is 11.8 Å². The van der Waals surface area contributed by atoms with Gasteiger partial charge in [0.2, 0.25) is 5.91 Å². The Balaban J connectivity index is 1.62. The maximum Gasteiger partial charge on any atom is 0.230 e. The highest BCUT2D eigenvalue weighted by molar-refractivity contribution is 7.99. The topological polar surface area (TPSA) is 73.0 Å². The molecule has 1 aliphatic carbocycles. The molecule has 0 saturated heterocycles. The summed E-state index contributed by atoms with van der Waals surface area (Å²) in [5, 5.41) is 12.5. The average molecular weight is 362 g/mol. The zero-order valence-corrected chi connectivity index (χ0v) is 15.9. The first-order valence-electron chi connectivity index (χ1n) is 9.00. The first-order chi connectivity index (χ1) is 12.1. The Hall–Kier alpha value is -1.76. The number of hydrogen-bond acceptors (Lipinski definition) is 5. The Bertz CT molecular complexity index is 724. The lowest BCUT2D eigenvalue weighted by Gasteiger charge is -2.29. The summed E-state index contributed by atoms with van der Waals surface area (Å²) in [6.45, 7) is 6.94. The van der Waals surface area contributed by atoms with Gasteiger partial charge in [0.1, 0.15) is 5.76 Å². The lowest BCUT2D eigenvalue weighted by atomic mass is 9.86. The molecule has 0 radical (unpaired) electrons. The molecule has 136 valence electrons. The van der Waals surface area contributed by atoms with E-state index in [1.54, 1.807) is 6.26 Å². The largest absolute Gasteiger partial charge is 0.469 e. The molecule has 1 fully saturated rings. The number of aromatic nitrogens is 3. The summed E-state index contributed by atoms with van der Waals surface area (Å²) in [5.41, 5.74) is 0.946. The fourth-order valence-corrected chi connectivity index (χ4v) is 4.22.